The Morgan fingerprint density at radius 2 is 0.955 bits per heavy atom. The van der Waals surface area contributed by atoms with Crippen molar-refractivity contribution in [2.75, 3.05) is 35.7 Å². The van der Waals surface area contributed by atoms with Gasteiger partial charge in [0.15, 0.2) is 0 Å². The van der Waals surface area contributed by atoms with Gasteiger partial charge in [0.2, 0.25) is 17.5 Å². The first kappa shape index (κ1) is 65.1. The third-order valence-electron chi connectivity index (χ3n) is 13.4. The van der Waals surface area contributed by atoms with Crippen molar-refractivity contribution in [3.8, 4) is 11.5 Å². The molecule has 8 aromatic carbocycles. The van der Waals surface area contributed by atoms with Crippen molar-refractivity contribution in [3.05, 3.63) is 238 Å². The Bertz CT molecular complexity index is 4260. The van der Waals surface area contributed by atoms with Crippen LogP contribution in [0.1, 0.15) is 44.5 Å². The number of methoxy groups -OCH3 is 2. The summed E-state index contributed by atoms with van der Waals surface area (Å²) in [7, 11) is -6.10. The van der Waals surface area contributed by atoms with Crippen molar-refractivity contribution in [3.63, 3.8) is 0 Å². The summed E-state index contributed by atoms with van der Waals surface area (Å²) in [6.45, 7) is 3.56. The van der Waals surface area contributed by atoms with Gasteiger partial charge in [-0.3, -0.25) is 39.6 Å². The van der Waals surface area contributed by atoms with E-state index in [1.54, 1.807) is 135 Å². The fourth-order valence-electron chi connectivity index (χ4n) is 8.70. The van der Waals surface area contributed by atoms with Crippen molar-refractivity contribution >= 4 is 151 Å². The molecule has 10 rings (SSSR count). The Morgan fingerprint density at radius 1 is 0.528 bits per heavy atom. The molecule has 0 heterocycles. The summed E-state index contributed by atoms with van der Waals surface area (Å²) in [6, 6.07) is 46.9. The molecule has 0 aromatic heterocycles. The van der Waals surface area contributed by atoms with Crippen molar-refractivity contribution in [2.45, 2.75) is 23.6 Å². The summed E-state index contributed by atoms with van der Waals surface area (Å²) in [4.78, 5) is 60.5. The smallest absolute Gasteiger partial charge is 0.858 e. The molecule has 8 aromatic rings. The summed E-state index contributed by atoms with van der Waals surface area (Å²) < 4.78 is 76.5. The van der Waals surface area contributed by atoms with Crippen LogP contribution in [0.3, 0.4) is 0 Å². The maximum absolute atomic E-state index is 13.6. The van der Waals surface area contributed by atoms with Crippen molar-refractivity contribution in [2.24, 2.45) is 20.2 Å². The number of aliphatic hydroxyl groups excluding tert-OH is 1. The second-order valence-corrected chi connectivity index (χ2v) is 22.1. The van der Waals surface area contributed by atoms with E-state index in [0.29, 0.717) is 62.1 Å². The number of amides is 2. The first-order valence-corrected chi connectivity index (χ1v) is 29.1. The van der Waals surface area contributed by atoms with E-state index in [4.69, 9.17) is 9.47 Å². The molecule has 2 aliphatic carbocycles. The summed E-state index contributed by atoms with van der Waals surface area (Å²) in [6.07, 6.45) is 3.03. The van der Waals surface area contributed by atoms with E-state index in [1.807, 2.05) is 0 Å². The van der Waals surface area contributed by atoms with Crippen LogP contribution in [0.2, 0.25) is 0 Å². The number of ether oxygens (including phenoxy) is 2. The maximum Gasteiger partial charge on any atom is 2.00 e. The first-order chi connectivity index (χ1) is 42.1. The number of aliphatic hydroxyl groups is 1. The van der Waals surface area contributed by atoms with E-state index in [2.05, 4.69) is 41.7 Å². The fraction of sp³-hybridized carbons (Fsp3) is 0.0625. The Balaban J connectivity index is 0.000000228. The molecule has 89 heavy (non-hydrogen) atoms. The average Bonchev–Trinajstić information content (AvgIpc) is 1.85. The monoisotopic (exact) mass is 1260 g/mol. The number of nitrogens with one attached hydrogen (secondary N) is 4. The number of benzene rings is 8. The molecule has 0 fully saturated rings. The van der Waals surface area contributed by atoms with Gasteiger partial charge in [-0.25, -0.2) is 13.4 Å². The van der Waals surface area contributed by atoms with E-state index in [0.717, 1.165) is 23.8 Å². The predicted molar refractivity (Wildman–Crippen MR) is 336 cm³/mol. The molecular weight excluding hydrogens is 1210 g/mol. The van der Waals surface area contributed by atoms with Gasteiger partial charge in [-0.1, -0.05) is 78.9 Å². The minimum atomic E-state index is -4.72. The number of aryl methyl sites for hydroxylation is 2. The maximum atomic E-state index is 13.6. The number of ketones is 2. The molecule has 2 amide bonds. The van der Waals surface area contributed by atoms with Gasteiger partial charge in [0.25, 0.3) is 21.9 Å². The number of Topliss-reactive ketones (excluding diaryl/α,β-unsaturated/α-hetero) is 2. The minimum absolute atomic E-state index is 0. The fourth-order valence-corrected chi connectivity index (χ4v) is 9.73. The largest absolute Gasteiger partial charge is 2.00 e. The minimum Gasteiger partial charge on any atom is -0.858 e. The zero-order chi connectivity index (χ0) is 62.9. The SMILES string of the molecule is COc1ccc(NC(=O)C2=Cc3ccccc3/C(=N\Nc3cc(C(O)=Nc4cccc(S(=O)(=O)O)c4)ccc3C)C2=O)cc1.COc1ccc(NC(=O)C2=Cc3ccccc3/C(=N\Nc3cc(C([O-])=Nc4cccc(S(=O)(=O)[O-])c4)ccc3C)C2=O)cc1.[Ca+2]. The van der Waals surface area contributed by atoms with Gasteiger partial charge < -0.3 is 34.9 Å². The number of fused-ring (bicyclic) bond motifs is 2. The quantitative estimate of drug-likeness (QED) is 0.0131. The molecule has 444 valence electrons. The van der Waals surface area contributed by atoms with Gasteiger partial charge in [-0.05, 0) is 163 Å². The van der Waals surface area contributed by atoms with Crippen molar-refractivity contribution in [1.82, 2.24) is 0 Å². The zero-order valence-electron chi connectivity index (χ0n) is 47.6. The van der Waals surface area contributed by atoms with Gasteiger partial charge in [-0.15, -0.1) is 0 Å². The Kier molecular flexibility index (Phi) is 20.7. The van der Waals surface area contributed by atoms with Gasteiger partial charge in [0, 0.05) is 28.1 Å². The Morgan fingerprint density at radius 3 is 1.42 bits per heavy atom. The number of rotatable bonds is 16. The topological polar surface area (TPSA) is 339 Å². The number of hydrazone groups is 2. The van der Waals surface area contributed by atoms with E-state index in [1.165, 1.54) is 68.8 Å². The molecule has 25 heteroatoms. The van der Waals surface area contributed by atoms with Crippen LogP contribution in [-0.2, 0) is 39.4 Å². The van der Waals surface area contributed by atoms with E-state index in [-0.39, 0.29) is 87.7 Å². The number of hydrogen-bond donors (Lipinski definition) is 6. The molecule has 6 N–H and O–H groups in total. The Hall–Kier alpha value is -9.92. The summed E-state index contributed by atoms with van der Waals surface area (Å²) >= 11 is 0. The van der Waals surface area contributed by atoms with Crippen LogP contribution in [0.25, 0.3) is 12.2 Å². The Labute approximate surface area is 540 Å². The van der Waals surface area contributed by atoms with Crippen LogP contribution in [0.5, 0.6) is 11.5 Å². The van der Waals surface area contributed by atoms with Crippen LogP contribution >= 0.6 is 0 Å². The summed E-state index contributed by atoms with van der Waals surface area (Å²) in [5.41, 5.74) is 11.5. The van der Waals surface area contributed by atoms with Gasteiger partial charge in [0.1, 0.15) is 33.0 Å². The third kappa shape index (κ3) is 16.0. The molecule has 0 bridgehead atoms. The number of anilines is 4. The second-order valence-electron chi connectivity index (χ2n) is 19.3. The van der Waals surface area contributed by atoms with Crippen molar-refractivity contribution < 1.29 is 64.8 Å². The normalized spacial score (nSPS) is 13.9. The van der Waals surface area contributed by atoms with Crippen LogP contribution in [0, 0.1) is 13.8 Å². The second kappa shape index (κ2) is 28.3. The number of aliphatic imine (C=N–C) groups is 2. The molecule has 2 aliphatic rings. The first-order valence-electron chi connectivity index (χ1n) is 26.3. The molecule has 0 aliphatic heterocycles. The van der Waals surface area contributed by atoms with Gasteiger partial charge in [0.05, 0.1) is 57.9 Å². The standard InChI is InChI=1S/2C32H26N4O7S.Ca/c2*1-19-10-11-21(31(38)34-23-7-5-8-25(18-23)44(40,41)42)17-28(19)35-36-29-26-9-4-3-6-20(26)16-27(30(29)37)32(39)33-22-12-14-24(43-2)15-13-22;/h2*3-18,35H,1-2H3,(H,33,39)(H,34,38)(H,40,41,42);/q;;+2/p-2/b2*36-29+;. The predicted octanol–water partition coefficient (Wildman–Crippen LogP) is 8.69. The van der Waals surface area contributed by atoms with Gasteiger partial charge >= 0.3 is 37.7 Å². The van der Waals surface area contributed by atoms with Crippen LogP contribution in [0.4, 0.5) is 34.1 Å². The summed E-state index contributed by atoms with van der Waals surface area (Å²) in [5.74, 6) is -2.27. The molecular formula is C64H50CaN8O14S2. The molecule has 0 atom stereocenters. The molecule has 0 radical (unpaired) electrons. The van der Waals surface area contributed by atoms with E-state index in [9.17, 15) is 55.3 Å². The van der Waals surface area contributed by atoms with Crippen LogP contribution in [-0.4, -0.2) is 130 Å². The molecule has 0 saturated carbocycles. The zero-order valence-corrected chi connectivity index (χ0v) is 51.4. The number of hydrogen-bond acceptors (Lipinski definition) is 18. The van der Waals surface area contributed by atoms with Crippen LogP contribution < -0.4 is 36.1 Å². The third-order valence-corrected chi connectivity index (χ3v) is 15.1. The van der Waals surface area contributed by atoms with Crippen LogP contribution in [0.15, 0.2) is 223 Å². The summed E-state index contributed by atoms with van der Waals surface area (Å²) in [5, 5.41) is 37.8. The van der Waals surface area contributed by atoms with Crippen molar-refractivity contribution in [1.29, 1.82) is 0 Å². The van der Waals surface area contributed by atoms with E-state index < -0.39 is 60.3 Å². The van der Waals surface area contributed by atoms with Gasteiger partial charge in [-0.2, -0.15) is 18.6 Å². The van der Waals surface area contributed by atoms with E-state index >= 15 is 0 Å². The number of nitrogens with zero attached hydrogens (tertiary/aromatic N) is 4. The number of carbonyl (C=O) groups is 4. The average molecular weight is 1260 g/mol. The molecule has 0 unspecified atom stereocenters. The molecule has 0 spiro atoms. The molecule has 22 nitrogen and oxygen atoms in total. The molecule has 0 saturated heterocycles. The number of carbonyl (C=O) groups excluding carboxylic acids is 4.